The van der Waals surface area contributed by atoms with Gasteiger partial charge in [-0.3, -0.25) is 0 Å². The second kappa shape index (κ2) is 6.34. The predicted molar refractivity (Wildman–Crippen MR) is 77.3 cm³/mol. The molecule has 2 rings (SSSR count). The van der Waals surface area contributed by atoms with E-state index in [-0.39, 0.29) is 16.8 Å². The second-order valence-electron chi connectivity index (χ2n) is 4.25. The van der Waals surface area contributed by atoms with E-state index in [9.17, 15) is 13.2 Å². The molecule has 0 atom stereocenters. The van der Waals surface area contributed by atoms with E-state index in [1.165, 1.54) is 13.3 Å². The fourth-order valence-electron chi connectivity index (χ4n) is 1.76. The molecule has 0 aliphatic carbocycles. The van der Waals surface area contributed by atoms with Crippen molar-refractivity contribution in [2.75, 3.05) is 12.4 Å². The SMILES string of the molecule is COc1cccc(CNc2ncc(Br)cc2C(F)(F)F)c1. The average Bonchev–Trinajstić information content (AvgIpc) is 2.45. The Kier molecular flexibility index (Phi) is 4.72. The van der Waals surface area contributed by atoms with Crippen LogP contribution in [0, 0.1) is 0 Å². The molecule has 0 aliphatic rings. The van der Waals surface area contributed by atoms with Gasteiger partial charge < -0.3 is 10.1 Å². The van der Waals surface area contributed by atoms with E-state index in [1.807, 2.05) is 0 Å². The summed E-state index contributed by atoms with van der Waals surface area (Å²) in [5, 5.41) is 2.71. The van der Waals surface area contributed by atoms with Crippen molar-refractivity contribution in [1.82, 2.24) is 4.98 Å². The summed E-state index contributed by atoms with van der Waals surface area (Å²) in [4.78, 5) is 3.79. The van der Waals surface area contributed by atoms with Crippen LogP contribution in [0.4, 0.5) is 19.0 Å². The predicted octanol–water partition coefficient (Wildman–Crippen LogP) is 4.48. The third kappa shape index (κ3) is 4.10. The highest BCUT2D eigenvalue weighted by Gasteiger charge is 2.34. The minimum Gasteiger partial charge on any atom is -0.497 e. The Morgan fingerprint density at radius 1 is 1.29 bits per heavy atom. The number of methoxy groups -OCH3 is 1. The summed E-state index contributed by atoms with van der Waals surface area (Å²) in [6.07, 6.45) is -3.14. The van der Waals surface area contributed by atoms with Gasteiger partial charge in [0.2, 0.25) is 0 Å². The summed E-state index contributed by atoms with van der Waals surface area (Å²) in [6, 6.07) is 8.08. The van der Waals surface area contributed by atoms with E-state index in [1.54, 1.807) is 24.3 Å². The van der Waals surface area contributed by atoms with Gasteiger partial charge in [-0.2, -0.15) is 13.2 Å². The number of benzene rings is 1. The molecular formula is C14H12BrF3N2O. The maximum atomic E-state index is 13.0. The molecule has 1 heterocycles. The summed E-state index contributed by atoms with van der Waals surface area (Å²) in [7, 11) is 1.53. The normalized spacial score (nSPS) is 11.3. The Balaban J connectivity index is 2.20. The first-order valence-corrected chi connectivity index (χ1v) is 6.79. The maximum Gasteiger partial charge on any atom is 0.419 e. The molecule has 0 unspecified atom stereocenters. The van der Waals surface area contributed by atoms with Crippen LogP contribution in [0.2, 0.25) is 0 Å². The van der Waals surface area contributed by atoms with Crippen LogP contribution in [-0.2, 0) is 12.7 Å². The summed E-state index contributed by atoms with van der Waals surface area (Å²) < 4.78 is 44.2. The lowest BCUT2D eigenvalue weighted by atomic mass is 10.2. The van der Waals surface area contributed by atoms with Crippen molar-refractivity contribution in [2.45, 2.75) is 12.7 Å². The van der Waals surface area contributed by atoms with Crippen LogP contribution in [-0.4, -0.2) is 12.1 Å². The molecule has 3 nitrogen and oxygen atoms in total. The van der Waals surface area contributed by atoms with Gasteiger partial charge in [0.25, 0.3) is 0 Å². The Labute approximate surface area is 128 Å². The van der Waals surface area contributed by atoms with Crippen LogP contribution >= 0.6 is 15.9 Å². The van der Waals surface area contributed by atoms with Gasteiger partial charge in [-0.05, 0) is 39.7 Å². The second-order valence-corrected chi connectivity index (χ2v) is 5.17. The summed E-state index contributed by atoms with van der Waals surface area (Å²) >= 11 is 3.00. The monoisotopic (exact) mass is 360 g/mol. The van der Waals surface area contributed by atoms with E-state index >= 15 is 0 Å². The van der Waals surface area contributed by atoms with E-state index in [2.05, 4.69) is 26.2 Å². The van der Waals surface area contributed by atoms with Crippen molar-refractivity contribution >= 4 is 21.7 Å². The van der Waals surface area contributed by atoms with E-state index in [4.69, 9.17) is 4.74 Å². The highest BCUT2D eigenvalue weighted by atomic mass is 79.9. The Hall–Kier alpha value is -1.76. The zero-order valence-electron chi connectivity index (χ0n) is 11.0. The number of ether oxygens (including phenoxy) is 1. The molecular weight excluding hydrogens is 349 g/mol. The van der Waals surface area contributed by atoms with Gasteiger partial charge in [0.1, 0.15) is 11.6 Å². The lowest BCUT2D eigenvalue weighted by Gasteiger charge is -2.14. The molecule has 0 spiro atoms. The quantitative estimate of drug-likeness (QED) is 0.872. The number of pyridine rings is 1. The first-order chi connectivity index (χ1) is 9.90. The van der Waals surface area contributed by atoms with E-state index in [0.717, 1.165) is 11.6 Å². The zero-order chi connectivity index (χ0) is 15.5. The number of anilines is 1. The van der Waals surface area contributed by atoms with Crippen LogP contribution in [0.25, 0.3) is 0 Å². The standard InChI is InChI=1S/C14H12BrF3N2O/c1-21-11-4-2-3-9(5-11)7-19-13-12(14(16,17)18)6-10(15)8-20-13/h2-6,8H,7H2,1H3,(H,19,20). The minimum absolute atomic E-state index is 0.200. The molecule has 0 aliphatic heterocycles. The third-order valence-electron chi connectivity index (χ3n) is 2.75. The summed E-state index contributed by atoms with van der Waals surface area (Å²) in [6.45, 7) is 0.217. The molecule has 0 bridgehead atoms. The molecule has 0 saturated carbocycles. The van der Waals surface area contributed by atoms with Crippen LogP contribution < -0.4 is 10.1 Å². The van der Waals surface area contributed by atoms with Gasteiger partial charge in [0.15, 0.2) is 0 Å². The molecule has 0 radical (unpaired) electrons. The number of nitrogens with zero attached hydrogens (tertiary/aromatic N) is 1. The van der Waals surface area contributed by atoms with Crippen LogP contribution in [0.3, 0.4) is 0 Å². The fourth-order valence-corrected chi connectivity index (χ4v) is 2.10. The fraction of sp³-hybridized carbons (Fsp3) is 0.214. The molecule has 1 aromatic heterocycles. The van der Waals surface area contributed by atoms with Crippen molar-refractivity contribution < 1.29 is 17.9 Å². The number of hydrogen-bond acceptors (Lipinski definition) is 3. The molecule has 1 N–H and O–H groups in total. The number of hydrogen-bond donors (Lipinski definition) is 1. The van der Waals surface area contributed by atoms with Crippen LogP contribution in [0.1, 0.15) is 11.1 Å². The third-order valence-corrected chi connectivity index (χ3v) is 3.19. The largest absolute Gasteiger partial charge is 0.497 e. The Morgan fingerprint density at radius 3 is 2.71 bits per heavy atom. The smallest absolute Gasteiger partial charge is 0.419 e. The number of nitrogens with one attached hydrogen (secondary N) is 1. The minimum atomic E-state index is -4.46. The Morgan fingerprint density at radius 2 is 2.05 bits per heavy atom. The van der Waals surface area contributed by atoms with Crippen molar-refractivity contribution in [3.8, 4) is 5.75 Å². The lowest BCUT2D eigenvalue weighted by molar-refractivity contribution is -0.137. The molecule has 0 saturated heterocycles. The first-order valence-electron chi connectivity index (χ1n) is 5.99. The molecule has 21 heavy (non-hydrogen) atoms. The van der Waals surface area contributed by atoms with Crippen LogP contribution in [0.15, 0.2) is 41.0 Å². The van der Waals surface area contributed by atoms with Crippen molar-refractivity contribution in [3.63, 3.8) is 0 Å². The van der Waals surface area contributed by atoms with E-state index < -0.39 is 11.7 Å². The first kappa shape index (κ1) is 15.6. The van der Waals surface area contributed by atoms with Gasteiger partial charge in [-0.25, -0.2) is 4.98 Å². The van der Waals surface area contributed by atoms with Crippen LogP contribution in [0.5, 0.6) is 5.75 Å². The molecule has 1 aromatic carbocycles. The van der Waals surface area contributed by atoms with Gasteiger partial charge in [-0.15, -0.1) is 0 Å². The summed E-state index contributed by atoms with van der Waals surface area (Å²) in [5.41, 5.74) is -0.00744. The average molecular weight is 361 g/mol. The van der Waals surface area contributed by atoms with Gasteiger partial charge >= 0.3 is 6.18 Å². The molecule has 0 amide bonds. The van der Waals surface area contributed by atoms with Gasteiger partial charge in [0, 0.05) is 17.2 Å². The van der Waals surface area contributed by atoms with Crippen molar-refractivity contribution in [1.29, 1.82) is 0 Å². The van der Waals surface area contributed by atoms with Gasteiger partial charge in [-0.1, -0.05) is 12.1 Å². The number of aromatic nitrogens is 1. The number of alkyl halides is 3. The zero-order valence-corrected chi connectivity index (χ0v) is 12.6. The molecule has 7 heteroatoms. The Bertz CT molecular complexity index is 632. The van der Waals surface area contributed by atoms with Crippen molar-refractivity contribution in [2.24, 2.45) is 0 Å². The number of rotatable bonds is 4. The summed E-state index contributed by atoms with van der Waals surface area (Å²) in [5.74, 6) is 0.447. The highest BCUT2D eigenvalue weighted by Crippen LogP contribution is 2.35. The lowest BCUT2D eigenvalue weighted by Crippen LogP contribution is -2.12. The molecule has 2 aromatic rings. The van der Waals surface area contributed by atoms with Gasteiger partial charge in [0.05, 0.1) is 12.7 Å². The van der Waals surface area contributed by atoms with E-state index in [0.29, 0.717) is 5.75 Å². The topological polar surface area (TPSA) is 34.1 Å². The highest BCUT2D eigenvalue weighted by molar-refractivity contribution is 9.10. The molecule has 112 valence electrons. The van der Waals surface area contributed by atoms with Crippen molar-refractivity contribution in [3.05, 3.63) is 52.1 Å². The maximum absolute atomic E-state index is 13.0. The molecule has 0 fully saturated rings. The number of halogens is 4.